The van der Waals surface area contributed by atoms with Crippen LogP contribution in [0.25, 0.3) is 0 Å². The van der Waals surface area contributed by atoms with Gasteiger partial charge >= 0.3 is 0 Å². The Hall–Kier alpha value is -1.48. The standard InChI is InChI=1S/C10H9F5N2OS/c11-5-4(3-17-10(19)16-1-2-18)6(12)8(14)9(15)7(5)13/h18H,1-3H2,(H2,16,17,19). The van der Waals surface area contributed by atoms with Crippen molar-refractivity contribution in [2.24, 2.45) is 0 Å². The van der Waals surface area contributed by atoms with Gasteiger partial charge in [-0.05, 0) is 12.2 Å². The molecule has 1 aromatic carbocycles. The van der Waals surface area contributed by atoms with Gasteiger partial charge in [-0.15, -0.1) is 0 Å². The molecular weight excluding hydrogens is 291 g/mol. The van der Waals surface area contributed by atoms with Gasteiger partial charge in [-0.2, -0.15) is 0 Å². The van der Waals surface area contributed by atoms with Crippen molar-refractivity contribution in [3.05, 3.63) is 34.6 Å². The molecule has 0 aliphatic rings. The van der Waals surface area contributed by atoms with Crippen LogP contribution < -0.4 is 10.6 Å². The summed E-state index contributed by atoms with van der Waals surface area (Å²) in [5, 5.41) is 13.1. The first-order valence-electron chi connectivity index (χ1n) is 5.03. The number of aliphatic hydroxyl groups is 1. The Morgan fingerprint density at radius 2 is 1.37 bits per heavy atom. The fourth-order valence-corrected chi connectivity index (χ4v) is 1.38. The van der Waals surface area contributed by atoms with E-state index in [-0.39, 0.29) is 18.3 Å². The molecule has 0 saturated heterocycles. The monoisotopic (exact) mass is 300 g/mol. The average molecular weight is 300 g/mol. The highest BCUT2D eigenvalue weighted by Crippen LogP contribution is 2.22. The number of hydrogen-bond donors (Lipinski definition) is 3. The fourth-order valence-electron chi connectivity index (χ4n) is 1.21. The SMILES string of the molecule is OCCNC(=S)NCc1c(F)c(F)c(F)c(F)c1F. The number of benzene rings is 1. The van der Waals surface area contributed by atoms with Crippen molar-refractivity contribution in [3.8, 4) is 0 Å². The Kier molecular flexibility index (Phi) is 5.43. The van der Waals surface area contributed by atoms with E-state index in [0.717, 1.165) is 0 Å². The Bertz CT molecular complexity index is 468. The van der Waals surface area contributed by atoms with E-state index in [1.165, 1.54) is 0 Å². The molecule has 0 radical (unpaired) electrons. The number of rotatable bonds is 4. The maximum Gasteiger partial charge on any atom is 0.200 e. The molecule has 106 valence electrons. The van der Waals surface area contributed by atoms with Crippen LogP contribution in [0.5, 0.6) is 0 Å². The Morgan fingerprint density at radius 3 is 1.84 bits per heavy atom. The van der Waals surface area contributed by atoms with Crippen LogP contribution >= 0.6 is 12.2 Å². The summed E-state index contributed by atoms with van der Waals surface area (Å²) < 4.78 is 64.9. The zero-order valence-corrected chi connectivity index (χ0v) is 10.2. The summed E-state index contributed by atoms with van der Waals surface area (Å²) in [6, 6.07) is 0. The Labute approximate surface area is 110 Å². The number of aliphatic hydroxyl groups excluding tert-OH is 1. The predicted octanol–water partition coefficient (Wildman–Crippen LogP) is 1.34. The highest BCUT2D eigenvalue weighted by Gasteiger charge is 2.25. The summed E-state index contributed by atoms with van der Waals surface area (Å²) in [7, 11) is 0. The molecule has 1 rings (SSSR count). The minimum Gasteiger partial charge on any atom is -0.395 e. The molecule has 0 spiro atoms. The molecular formula is C10H9F5N2OS. The molecule has 0 aliphatic heterocycles. The summed E-state index contributed by atoms with van der Waals surface area (Å²) in [6.45, 7) is -0.823. The summed E-state index contributed by atoms with van der Waals surface area (Å²) in [4.78, 5) is 0. The van der Waals surface area contributed by atoms with Crippen molar-refractivity contribution in [2.75, 3.05) is 13.2 Å². The van der Waals surface area contributed by atoms with E-state index in [1.807, 2.05) is 0 Å². The summed E-state index contributed by atoms with van der Waals surface area (Å²) in [5.74, 6) is -10.0. The smallest absolute Gasteiger partial charge is 0.200 e. The van der Waals surface area contributed by atoms with Gasteiger partial charge in [0.2, 0.25) is 5.82 Å². The lowest BCUT2D eigenvalue weighted by Gasteiger charge is -2.11. The molecule has 0 heterocycles. The van der Waals surface area contributed by atoms with Crippen LogP contribution in [-0.2, 0) is 6.54 Å². The third kappa shape index (κ3) is 3.51. The zero-order chi connectivity index (χ0) is 14.6. The first-order chi connectivity index (χ1) is 8.90. The van der Waals surface area contributed by atoms with Crippen LogP contribution in [0.4, 0.5) is 22.0 Å². The van der Waals surface area contributed by atoms with Gasteiger partial charge < -0.3 is 15.7 Å². The van der Waals surface area contributed by atoms with Gasteiger partial charge in [0.05, 0.1) is 6.61 Å². The van der Waals surface area contributed by atoms with Crippen LogP contribution in [0.3, 0.4) is 0 Å². The number of thiocarbonyl (C=S) groups is 1. The van der Waals surface area contributed by atoms with Crippen LogP contribution in [-0.4, -0.2) is 23.4 Å². The minimum atomic E-state index is -2.21. The van der Waals surface area contributed by atoms with Crippen LogP contribution in [0, 0.1) is 29.1 Å². The van der Waals surface area contributed by atoms with Crippen LogP contribution in [0.15, 0.2) is 0 Å². The molecule has 1 aromatic rings. The molecule has 0 fully saturated rings. The molecule has 0 amide bonds. The summed E-state index contributed by atoms with van der Waals surface area (Å²) in [5.41, 5.74) is -1.01. The summed E-state index contributed by atoms with van der Waals surface area (Å²) in [6.07, 6.45) is 0. The van der Waals surface area contributed by atoms with E-state index in [4.69, 9.17) is 5.11 Å². The molecule has 3 nitrogen and oxygen atoms in total. The van der Waals surface area contributed by atoms with Gasteiger partial charge in [0, 0.05) is 18.7 Å². The second-order valence-corrected chi connectivity index (χ2v) is 3.79. The van der Waals surface area contributed by atoms with Gasteiger partial charge in [-0.3, -0.25) is 0 Å². The highest BCUT2D eigenvalue weighted by atomic mass is 32.1. The lowest BCUT2D eigenvalue weighted by molar-refractivity contribution is 0.300. The number of halogens is 5. The molecule has 0 saturated carbocycles. The second-order valence-electron chi connectivity index (χ2n) is 3.38. The largest absolute Gasteiger partial charge is 0.395 e. The highest BCUT2D eigenvalue weighted by molar-refractivity contribution is 7.80. The van der Waals surface area contributed by atoms with Gasteiger partial charge in [0.25, 0.3) is 0 Å². The Balaban J connectivity index is 2.87. The van der Waals surface area contributed by atoms with Gasteiger partial charge in [0.1, 0.15) is 0 Å². The van der Waals surface area contributed by atoms with Gasteiger partial charge in [-0.1, -0.05) is 0 Å². The van der Waals surface area contributed by atoms with Gasteiger partial charge in [0.15, 0.2) is 28.4 Å². The number of hydrogen-bond acceptors (Lipinski definition) is 2. The topological polar surface area (TPSA) is 44.3 Å². The average Bonchev–Trinajstić information content (AvgIpc) is 2.40. The van der Waals surface area contributed by atoms with E-state index in [1.54, 1.807) is 0 Å². The van der Waals surface area contributed by atoms with E-state index in [0.29, 0.717) is 0 Å². The second kappa shape index (κ2) is 6.62. The number of nitrogens with one attached hydrogen (secondary N) is 2. The van der Waals surface area contributed by atoms with Crippen molar-refractivity contribution in [2.45, 2.75) is 6.54 Å². The normalized spacial score (nSPS) is 10.4. The maximum absolute atomic E-state index is 13.2. The van der Waals surface area contributed by atoms with E-state index in [9.17, 15) is 22.0 Å². The van der Waals surface area contributed by atoms with E-state index < -0.39 is 41.2 Å². The zero-order valence-electron chi connectivity index (χ0n) is 9.37. The first-order valence-corrected chi connectivity index (χ1v) is 5.43. The summed E-state index contributed by atoms with van der Waals surface area (Å²) >= 11 is 4.66. The van der Waals surface area contributed by atoms with Crippen LogP contribution in [0.2, 0.25) is 0 Å². The minimum absolute atomic E-state index is 0.0852. The van der Waals surface area contributed by atoms with Crippen molar-refractivity contribution in [1.82, 2.24) is 10.6 Å². The third-order valence-electron chi connectivity index (χ3n) is 2.12. The molecule has 0 atom stereocenters. The molecule has 9 heteroatoms. The lowest BCUT2D eigenvalue weighted by Crippen LogP contribution is -2.36. The molecule has 19 heavy (non-hydrogen) atoms. The fraction of sp³-hybridized carbons (Fsp3) is 0.300. The molecule has 0 bridgehead atoms. The quantitative estimate of drug-likeness (QED) is 0.340. The van der Waals surface area contributed by atoms with E-state index >= 15 is 0 Å². The molecule has 0 aromatic heterocycles. The lowest BCUT2D eigenvalue weighted by atomic mass is 10.1. The Morgan fingerprint density at radius 1 is 0.895 bits per heavy atom. The first kappa shape index (κ1) is 15.6. The molecule has 3 N–H and O–H groups in total. The van der Waals surface area contributed by atoms with Crippen molar-refractivity contribution in [3.63, 3.8) is 0 Å². The van der Waals surface area contributed by atoms with Crippen molar-refractivity contribution in [1.29, 1.82) is 0 Å². The predicted molar refractivity (Wildman–Crippen MR) is 60.8 cm³/mol. The molecule has 0 unspecified atom stereocenters. The van der Waals surface area contributed by atoms with Crippen molar-refractivity contribution >= 4 is 17.3 Å². The molecule has 0 aliphatic carbocycles. The van der Waals surface area contributed by atoms with Crippen LogP contribution in [0.1, 0.15) is 5.56 Å². The van der Waals surface area contributed by atoms with Gasteiger partial charge in [-0.25, -0.2) is 22.0 Å². The van der Waals surface area contributed by atoms with E-state index in [2.05, 4.69) is 22.9 Å². The third-order valence-corrected chi connectivity index (χ3v) is 2.41. The maximum atomic E-state index is 13.2. The van der Waals surface area contributed by atoms with Crippen molar-refractivity contribution < 1.29 is 27.1 Å².